The maximum atomic E-state index is 12.7. The molecule has 2 fully saturated rings. The van der Waals surface area contributed by atoms with E-state index in [1.54, 1.807) is 25.4 Å². The summed E-state index contributed by atoms with van der Waals surface area (Å²) in [5.74, 6) is 0.394. The number of likely N-dealkylation sites (N-methyl/N-ethyl adjacent to an activating group) is 1. The Kier molecular flexibility index (Phi) is 5.59. The van der Waals surface area contributed by atoms with Crippen molar-refractivity contribution in [2.24, 2.45) is 0 Å². The number of aromatic nitrogens is 1. The smallest absolute Gasteiger partial charge is 0.259 e. The Morgan fingerprint density at radius 1 is 1.40 bits per heavy atom. The van der Waals surface area contributed by atoms with Gasteiger partial charge >= 0.3 is 0 Å². The predicted octanol–water partition coefficient (Wildman–Crippen LogP) is 2.20. The van der Waals surface area contributed by atoms with Crippen LogP contribution in [0.3, 0.4) is 0 Å². The molecular formula is C19H29N3O3. The lowest BCUT2D eigenvalue weighted by Gasteiger charge is -2.53. The second-order valence-corrected chi connectivity index (χ2v) is 6.97. The second kappa shape index (κ2) is 7.70. The van der Waals surface area contributed by atoms with Crippen LogP contribution in [0.4, 0.5) is 0 Å². The number of carbonyl (C=O) groups is 1. The summed E-state index contributed by atoms with van der Waals surface area (Å²) in [4.78, 5) is 21.2. The molecular weight excluding hydrogens is 318 g/mol. The lowest BCUT2D eigenvalue weighted by Crippen LogP contribution is -2.59. The van der Waals surface area contributed by atoms with Crippen molar-refractivity contribution >= 4 is 5.91 Å². The molecule has 1 aromatic rings. The summed E-state index contributed by atoms with van der Waals surface area (Å²) >= 11 is 0. The van der Waals surface area contributed by atoms with Gasteiger partial charge in [-0.05, 0) is 38.1 Å². The van der Waals surface area contributed by atoms with Gasteiger partial charge in [-0.3, -0.25) is 4.79 Å². The molecule has 138 valence electrons. The highest BCUT2D eigenvalue weighted by molar-refractivity contribution is 5.96. The Labute approximate surface area is 150 Å². The lowest BCUT2D eigenvalue weighted by atomic mass is 9.80. The second-order valence-electron chi connectivity index (χ2n) is 6.97. The van der Waals surface area contributed by atoms with Gasteiger partial charge in [0.25, 0.3) is 5.91 Å². The maximum absolute atomic E-state index is 12.7. The van der Waals surface area contributed by atoms with Gasteiger partial charge in [0, 0.05) is 32.3 Å². The molecule has 0 unspecified atom stereocenters. The Bertz CT molecular complexity index is 587. The number of pyridine rings is 1. The first-order chi connectivity index (χ1) is 12.1. The molecule has 1 spiro atoms. The first-order valence-corrected chi connectivity index (χ1v) is 9.29. The summed E-state index contributed by atoms with van der Waals surface area (Å²) in [6, 6.07) is 3.55. The number of piperidine rings is 1. The average Bonchev–Trinajstić information content (AvgIpc) is 2.64. The lowest BCUT2D eigenvalue weighted by molar-refractivity contribution is -0.227. The predicted molar refractivity (Wildman–Crippen MR) is 95.9 cm³/mol. The molecule has 2 aliphatic heterocycles. The molecule has 0 saturated carbocycles. The van der Waals surface area contributed by atoms with Crippen molar-refractivity contribution < 1.29 is 14.3 Å². The van der Waals surface area contributed by atoms with Crippen LogP contribution < -0.4 is 4.74 Å². The third-order valence-corrected chi connectivity index (χ3v) is 5.53. The Balaban J connectivity index is 1.52. The topological polar surface area (TPSA) is 54.9 Å². The summed E-state index contributed by atoms with van der Waals surface area (Å²) in [5.41, 5.74) is 0.531. The van der Waals surface area contributed by atoms with Gasteiger partial charge in [0.1, 0.15) is 5.56 Å². The fourth-order valence-corrected chi connectivity index (χ4v) is 3.96. The summed E-state index contributed by atoms with van der Waals surface area (Å²) in [6.07, 6.45) is 4.92. The molecule has 1 aromatic heterocycles. The van der Waals surface area contributed by atoms with E-state index < -0.39 is 0 Å². The minimum atomic E-state index is -0.00633. The molecule has 3 rings (SSSR count). The van der Waals surface area contributed by atoms with E-state index in [2.05, 4.69) is 23.7 Å². The monoisotopic (exact) mass is 347 g/mol. The van der Waals surface area contributed by atoms with E-state index in [0.717, 1.165) is 52.0 Å². The van der Waals surface area contributed by atoms with Crippen LogP contribution in [-0.4, -0.2) is 72.2 Å². The van der Waals surface area contributed by atoms with Crippen LogP contribution in [0.1, 0.15) is 43.5 Å². The summed E-state index contributed by atoms with van der Waals surface area (Å²) < 4.78 is 11.5. The highest BCUT2D eigenvalue weighted by Gasteiger charge is 2.48. The van der Waals surface area contributed by atoms with E-state index in [0.29, 0.717) is 17.5 Å². The average molecular weight is 347 g/mol. The Hall–Kier alpha value is -1.66. The highest BCUT2D eigenvalue weighted by Crippen LogP contribution is 2.41. The molecule has 2 saturated heterocycles. The molecule has 0 N–H and O–H groups in total. The SMILES string of the molecule is CCN(CC)C[C@H]1CC2(CCN(C(=O)c3cccnc3OC)CC2)O1. The minimum absolute atomic E-state index is 0.00110. The van der Waals surface area contributed by atoms with Gasteiger partial charge in [0.15, 0.2) is 0 Å². The molecule has 2 aliphatic rings. The van der Waals surface area contributed by atoms with E-state index in [-0.39, 0.29) is 11.5 Å². The zero-order valence-corrected chi connectivity index (χ0v) is 15.5. The van der Waals surface area contributed by atoms with Crippen LogP contribution in [0.5, 0.6) is 5.88 Å². The van der Waals surface area contributed by atoms with Crippen LogP contribution in [0, 0.1) is 0 Å². The van der Waals surface area contributed by atoms with Gasteiger partial charge in [0.05, 0.1) is 18.8 Å². The van der Waals surface area contributed by atoms with E-state index in [1.165, 1.54) is 0 Å². The summed E-state index contributed by atoms with van der Waals surface area (Å²) in [7, 11) is 1.54. The van der Waals surface area contributed by atoms with E-state index >= 15 is 0 Å². The Morgan fingerprint density at radius 3 is 2.68 bits per heavy atom. The van der Waals surface area contributed by atoms with Crippen molar-refractivity contribution in [1.29, 1.82) is 0 Å². The van der Waals surface area contributed by atoms with Crippen molar-refractivity contribution in [3.63, 3.8) is 0 Å². The van der Waals surface area contributed by atoms with Gasteiger partial charge in [-0.1, -0.05) is 13.8 Å². The number of ether oxygens (including phenoxy) is 2. The number of hydrogen-bond acceptors (Lipinski definition) is 5. The molecule has 1 amide bonds. The largest absolute Gasteiger partial charge is 0.480 e. The number of hydrogen-bond donors (Lipinski definition) is 0. The van der Waals surface area contributed by atoms with Crippen molar-refractivity contribution in [2.45, 2.75) is 44.8 Å². The molecule has 6 heteroatoms. The molecule has 3 heterocycles. The zero-order chi connectivity index (χ0) is 17.9. The molecule has 0 radical (unpaired) electrons. The van der Waals surface area contributed by atoms with E-state index in [4.69, 9.17) is 9.47 Å². The molecule has 0 aliphatic carbocycles. The summed E-state index contributed by atoms with van der Waals surface area (Å²) in [6.45, 7) is 8.99. The number of nitrogens with zero attached hydrogens (tertiary/aromatic N) is 3. The molecule has 0 aromatic carbocycles. The van der Waals surface area contributed by atoms with Gasteiger partial charge < -0.3 is 19.3 Å². The van der Waals surface area contributed by atoms with E-state index in [9.17, 15) is 4.79 Å². The number of methoxy groups -OCH3 is 1. The zero-order valence-electron chi connectivity index (χ0n) is 15.5. The van der Waals surface area contributed by atoms with Gasteiger partial charge in [-0.2, -0.15) is 0 Å². The van der Waals surface area contributed by atoms with Gasteiger partial charge in [-0.15, -0.1) is 0 Å². The highest BCUT2D eigenvalue weighted by atomic mass is 16.5. The Morgan fingerprint density at radius 2 is 2.08 bits per heavy atom. The van der Waals surface area contributed by atoms with Crippen LogP contribution in [0.15, 0.2) is 18.3 Å². The van der Waals surface area contributed by atoms with Crippen LogP contribution >= 0.6 is 0 Å². The van der Waals surface area contributed by atoms with Crippen molar-refractivity contribution in [2.75, 3.05) is 39.8 Å². The third-order valence-electron chi connectivity index (χ3n) is 5.53. The van der Waals surface area contributed by atoms with Crippen molar-refractivity contribution in [1.82, 2.24) is 14.8 Å². The first kappa shape index (κ1) is 18.1. The fourth-order valence-electron chi connectivity index (χ4n) is 3.96. The quantitative estimate of drug-likeness (QED) is 0.790. The van der Waals surface area contributed by atoms with Crippen molar-refractivity contribution in [3.05, 3.63) is 23.9 Å². The third kappa shape index (κ3) is 3.80. The minimum Gasteiger partial charge on any atom is -0.480 e. The summed E-state index contributed by atoms with van der Waals surface area (Å²) in [5, 5.41) is 0. The maximum Gasteiger partial charge on any atom is 0.259 e. The number of likely N-dealkylation sites (tertiary alicyclic amines) is 1. The number of carbonyl (C=O) groups excluding carboxylic acids is 1. The van der Waals surface area contributed by atoms with Crippen LogP contribution in [0.2, 0.25) is 0 Å². The fraction of sp³-hybridized carbons (Fsp3) is 0.684. The van der Waals surface area contributed by atoms with Crippen LogP contribution in [0.25, 0.3) is 0 Å². The van der Waals surface area contributed by atoms with Gasteiger partial charge in [-0.25, -0.2) is 4.98 Å². The van der Waals surface area contributed by atoms with Crippen molar-refractivity contribution in [3.8, 4) is 5.88 Å². The molecule has 6 nitrogen and oxygen atoms in total. The normalized spacial score (nSPS) is 22.1. The van der Waals surface area contributed by atoms with E-state index in [1.807, 2.05) is 4.90 Å². The van der Waals surface area contributed by atoms with Crippen LogP contribution in [-0.2, 0) is 4.74 Å². The standard InChI is InChI=1S/C19H29N3O3/c1-4-21(5-2)14-15-13-19(25-15)8-11-22(12-9-19)18(23)16-7-6-10-20-17(16)24-3/h6-7,10,15H,4-5,8-9,11-14H2,1-3H3/t15-/m1/s1. The first-order valence-electron chi connectivity index (χ1n) is 9.29. The molecule has 0 bridgehead atoms. The molecule has 25 heavy (non-hydrogen) atoms. The number of rotatable bonds is 6. The van der Waals surface area contributed by atoms with Gasteiger partial charge in [0.2, 0.25) is 5.88 Å². The number of amides is 1. The molecule has 1 atom stereocenters.